The quantitative estimate of drug-likeness (QED) is 0.0895. The predicted octanol–water partition coefficient (Wildman–Crippen LogP) is 19.9. The lowest BCUT2D eigenvalue weighted by molar-refractivity contribution is 0.745. The molecule has 0 radical (unpaired) electrons. The average molecular weight is 989 g/mol. The summed E-state index contributed by atoms with van der Waals surface area (Å²) in [6.07, 6.45) is 0. The van der Waals surface area contributed by atoms with E-state index in [1.165, 1.54) is 16.7 Å². The van der Waals surface area contributed by atoms with E-state index in [1.807, 2.05) is 0 Å². The zero-order valence-corrected chi connectivity index (χ0v) is 42.6. The van der Waals surface area contributed by atoms with Gasteiger partial charge in [-0.05, 0) is 168 Å². The van der Waals surface area contributed by atoms with Crippen molar-refractivity contribution in [3.8, 4) is 0 Å². The van der Waals surface area contributed by atoms with Gasteiger partial charge >= 0.3 is 0 Å². The number of para-hydroxylation sites is 6. The third-order valence-corrected chi connectivity index (χ3v) is 14.3. The largest absolute Gasteiger partial charge is 0.311 e. The van der Waals surface area contributed by atoms with Gasteiger partial charge in [-0.15, -0.1) is 0 Å². The second kappa shape index (κ2) is 22.1. The van der Waals surface area contributed by atoms with Gasteiger partial charge in [-0.2, -0.15) is 0 Å². The molecule has 77 heavy (non-hydrogen) atoms. The Kier molecular flexibility index (Phi) is 13.7. The van der Waals surface area contributed by atoms with Gasteiger partial charge in [0.15, 0.2) is 0 Å². The molecule has 12 aromatic carbocycles. The Morgan fingerprint density at radius 3 is 0.442 bits per heavy atom. The van der Waals surface area contributed by atoms with E-state index in [9.17, 15) is 0 Å². The van der Waals surface area contributed by atoms with E-state index in [2.05, 4.69) is 359 Å². The van der Waals surface area contributed by atoms with Crippen molar-refractivity contribution < 1.29 is 0 Å². The monoisotopic (exact) mass is 988 g/mol. The van der Waals surface area contributed by atoms with E-state index >= 15 is 0 Å². The number of nitrogens with zero attached hydrogens (tertiary/aromatic N) is 4. The summed E-state index contributed by atoms with van der Waals surface area (Å²) >= 11 is 0. The van der Waals surface area contributed by atoms with Crippen LogP contribution >= 0.6 is 0 Å². The number of hydrogen-bond acceptors (Lipinski definition) is 4. The molecule has 0 fully saturated rings. The molecule has 0 spiro atoms. The van der Waals surface area contributed by atoms with Gasteiger partial charge in [0.2, 0.25) is 0 Å². The van der Waals surface area contributed by atoms with Crippen molar-refractivity contribution in [2.24, 2.45) is 0 Å². The fourth-order valence-electron chi connectivity index (χ4n) is 10.9. The van der Waals surface area contributed by atoms with Crippen molar-refractivity contribution in [3.05, 3.63) is 362 Å². The van der Waals surface area contributed by atoms with E-state index in [0.717, 1.165) is 73.8 Å². The SMILES string of the molecule is c1ccc(N(c2ccccc2)c2ccc(N(c3ccc(N(c4ccccc4)c4ccccc4)cc3)c3ccc(C(c4ccccc4)(c4ccccc4)c4ccc(N(c5ccccc5)c5ccccc5)cc4)cc3)cc2)cc1. The van der Waals surface area contributed by atoms with Gasteiger partial charge in [-0.3, -0.25) is 0 Å². The standard InChI is InChI=1S/C73H56N4/c1-9-25-57(26-10-1)73(58-27-11-2-12-28-58,59-41-45-67(46-42-59)74(61-29-13-3-14-30-61)62-31-15-4-16-32-62)60-43-47-68(48-44-60)77(71-53-49-69(50-54-71)75(63-33-17-5-18-34-63)64-35-19-6-20-36-64)72-55-51-70(52-56-72)76(65-37-21-7-22-38-65)66-39-23-8-24-40-66/h1-56H. The fourth-order valence-corrected chi connectivity index (χ4v) is 10.9. The Morgan fingerprint density at radius 2 is 0.260 bits per heavy atom. The first-order chi connectivity index (χ1) is 38.2. The number of anilines is 12. The van der Waals surface area contributed by atoms with Crippen LogP contribution in [0.3, 0.4) is 0 Å². The van der Waals surface area contributed by atoms with Crippen LogP contribution in [0.4, 0.5) is 68.2 Å². The van der Waals surface area contributed by atoms with Crippen LogP contribution in [0, 0.1) is 0 Å². The van der Waals surface area contributed by atoms with E-state index < -0.39 is 5.41 Å². The molecule has 368 valence electrons. The molecule has 0 N–H and O–H groups in total. The van der Waals surface area contributed by atoms with Gasteiger partial charge < -0.3 is 19.6 Å². The van der Waals surface area contributed by atoms with Gasteiger partial charge in [0, 0.05) is 68.2 Å². The third kappa shape index (κ3) is 9.76. The van der Waals surface area contributed by atoms with E-state index in [4.69, 9.17) is 0 Å². The minimum absolute atomic E-state index is 0.672. The summed E-state index contributed by atoms with van der Waals surface area (Å²) in [7, 11) is 0. The van der Waals surface area contributed by atoms with Crippen LogP contribution in [0.2, 0.25) is 0 Å². The average Bonchev–Trinajstić information content (AvgIpc) is 3.52. The smallest absolute Gasteiger partial charge is 0.0701 e. The molecule has 0 bridgehead atoms. The van der Waals surface area contributed by atoms with Gasteiger partial charge in [-0.25, -0.2) is 0 Å². The van der Waals surface area contributed by atoms with Crippen molar-refractivity contribution in [2.45, 2.75) is 5.41 Å². The molecule has 0 unspecified atom stereocenters. The number of hydrogen-bond donors (Lipinski definition) is 0. The van der Waals surface area contributed by atoms with Gasteiger partial charge in [0.05, 0.1) is 5.41 Å². The molecule has 0 saturated heterocycles. The molecule has 0 amide bonds. The van der Waals surface area contributed by atoms with Crippen LogP contribution in [-0.2, 0) is 5.41 Å². The molecule has 0 aromatic heterocycles. The van der Waals surface area contributed by atoms with Crippen molar-refractivity contribution in [3.63, 3.8) is 0 Å². The normalized spacial score (nSPS) is 11.1. The Bertz CT molecular complexity index is 3450. The maximum absolute atomic E-state index is 2.37. The summed E-state index contributed by atoms with van der Waals surface area (Å²) in [5, 5.41) is 0. The van der Waals surface area contributed by atoms with Crippen molar-refractivity contribution in [1.82, 2.24) is 0 Å². The number of rotatable bonds is 16. The van der Waals surface area contributed by atoms with Crippen LogP contribution in [0.5, 0.6) is 0 Å². The second-order valence-electron chi connectivity index (χ2n) is 19.0. The molecule has 0 aliphatic heterocycles. The first-order valence-corrected chi connectivity index (χ1v) is 26.3. The van der Waals surface area contributed by atoms with Gasteiger partial charge in [-0.1, -0.05) is 194 Å². The van der Waals surface area contributed by atoms with Gasteiger partial charge in [0.25, 0.3) is 0 Å². The molecule has 0 atom stereocenters. The lowest BCUT2D eigenvalue weighted by Gasteiger charge is -2.37. The summed E-state index contributed by atoms with van der Waals surface area (Å²) in [4.78, 5) is 9.30. The maximum Gasteiger partial charge on any atom is 0.0701 e. The maximum atomic E-state index is 2.37. The zero-order chi connectivity index (χ0) is 51.6. The summed E-state index contributed by atoms with van der Waals surface area (Å²) in [6.45, 7) is 0. The Morgan fingerprint density at radius 1 is 0.130 bits per heavy atom. The molecular weight excluding hydrogens is 933 g/mol. The van der Waals surface area contributed by atoms with Crippen LogP contribution in [0.1, 0.15) is 22.3 Å². The lowest BCUT2D eigenvalue weighted by Crippen LogP contribution is -2.31. The highest BCUT2D eigenvalue weighted by atomic mass is 15.2. The zero-order valence-electron chi connectivity index (χ0n) is 42.6. The minimum Gasteiger partial charge on any atom is -0.311 e. The first kappa shape index (κ1) is 47.8. The van der Waals surface area contributed by atoms with Crippen molar-refractivity contribution in [2.75, 3.05) is 19.6 Å². The Labute approximate surface area is 452 Å². The molecule has 0 heterocycles. The fraction of sp³-hybridized carbons (Fsp3) is 0.0137. The van der Waals surface area contributed by atoms with Crippen LogP contribution in [-0.4, -0.2) is 0 Å². The number of benzene rings is 12. The summed E-state index contributed by atoms with van der Waals surface area (Å²) in [5.41, 5.74) is 16.9. The molecule has 12 rings (SSSR count). The Balaban J connectivity index is 0.990. The van der Waals surface area contributed by atoms with Crippen molar-refractivity contribution in [1.29, 1.82) is 0 Å². The van der Waals surface area contributed by atoms with Crippen LogP contribution < -0.4 is 19.6 Å². The molecular formula is C73H56N4. The molecule has 12 aromatic rings. The van der Waals surface area contributed by atoms with E-state index in [1.54, 1.807) is 0 Å². The topological polar surface area (TPSA) is 13.0 Å². The van der Waals surface area contributed by atoms with E-state index in [0.29, 0.717) is 0 Å². The summed E-state index contributed by atoms with van der Waals surface area (Å²) in [5.74, 6) is 0. The third-order valence-electron chi connectivity index (χ3n) is 14.3. The summed E-state index contributed by atoms with van der Waals surface area (Å²) in [6, 6.07) is 122. The highest BCUT2D eigenvalue weighted by Crippen LogP contribution is 2.48. The summed E-state index contributed by atoms with van der Waals surface area (Å²) < 4.78 is 0. The van der Waals surface area contributed by atoms with Crippen LogP contribution in [0.15, 0.2) is 340 Å². The highest BCUT2D eigenvalue weighted by molar-refractivity contribution is 5.84. The van der Waals surface area contributed by atoms with Gasteiger partial charge in [0.1, 0.15) is 0 Å². The molecule has 4 nitrogen and oxygen atoms in total. The Hall–Kier alpha value is -10.2. The molecule has 0 aliphatic carbocycles. The van der Waals surface area contributed by atoms with Crippen molar-refractivity contribution >= 4 is 68.2 Å². The van der Waals surface area contributed by atoms with Crippen LogP contribution in [0.25, 0.3) is 0 Å². The first-order valence-electron chi connectivity index (χ1n) is 26.3. The highest BCUT2D eigenvalue weighted by Gasteiger charge is 2.38. The predicted molar refractivity (Wildman–Crippen MR) is 323 cm³/mol. The van der Waals surface area contributed by atoms with E-state index in [-0.39, 0.29) is 0 Å². The second-order valence-corrected chi connectivity index (χ2v) is 19.0. The molecule has 0 saturated carbocycles. The minimum atomic E-state index is -0.672. The molecule has 4 heteroatoms. The molecule has 0 aliphatic rings. The lowest BCUT2D eigenvalue weighted by atomic mass is 9.65.